The van der Waals surface area contributed by atoms with Crippen LogP contribution in [0.2, 0.25) is 0 Å². The van der Waals surface area contributed by atoms with Crippen molar-refractivity contribution in [3.05, 3.63) is 0 Å². The second kappa shape index (κ2) is 5.14. The highest BCUT2D eigenvalue weighted by Gasteiger charge is 2.13. The minimum Gasteiger partial charge on any atom is -0.300 e. The van der Waals surface area contributed by atoms with Crippen molar-refractivity contribution in [3.8, 4) is 0 Å². The first-order chi connectivity index (χ1) is 5.86. The molecule has 1 heterocycles. The molecule has 0 unspecified atom stereocenters. The quantitative estimate of drug-likeness (QED) is 0.587. The molecule has 12 heavy (non-hydrogen) atoms. The van der Waals surface area contributed by atoms with Crippen LogP contribution in [0.1, 0.15) is 20.3 Å². The molecule has 1 aliphatic rings. The Bertz CT molecular complexity index is 137. The molecule has 0 saturated carbocycles. The zero-order chi connectivity index (χ0) is 8.81. The summed E-state index contributed by atoms with van der Waals surface area (Å²) in [6, 6.07) is 0. The maximum Gasteiger partial charge on any atom is 0.0488 e. The molecule has 0 amide bonds. The number of hydrazone groups is 1. The molecule has 0 radical (unpaired) electrons. The summed E-state index contributed by atoms with van der Waals surface area (Å²) in [7, 11) is 0. The van der Waals surface area contributed by atoms with E-state index < -0.39 is 0 Å². The molecule has 70 valence electrons. The Morgan fingerprint density at radius 1 is 1.25 bits per heavy atom. The maximum absolute atomic E-state index is 4.26. The van der Waals surface area contributed by atoms with Gasteiger partial charge in [0, 0.05) is 32.4 Å². The first-order valence-corrected chi connectivity index (χ1v) is 4.82. The summed E-state index contributed by atoms with van der Waals surface area (Å²) in [5, 5.41) is 6.40. The van der Waals surface area contributed by atoms with E-state index in [-0.39, 0.29) is 0 Å². The summed E-state index contributed by atoms with van der Waals surface area (Å²) in [5.74, 6) is 0. The molecule has 1 saturated heterocycles. The molecular formula is C9H19N3. The standard InChI is InChI=1S/C9H19N3/c1-3-5-11-6-8-12(9-7-11)10-4-2/h4H,3,5-9H2,1-2H3/b10-4-. The largest absolute Gasteiger partial charge is 0.300 e. The van der Waals surface area contributed by atoms with Crippen molar-refractivity contribution in [2.24, 2.45) is 5.10 Å². The topological polar surface area (TPSA) is 18.8 Å². The molecule has 0 bridgehead atoms. The van der Waals surface area contributed by atoms with Crippen LogP contribution < -0.4 is 0 Å². The lowest BCUT2D eigenvalue weighted by molar-refractivity contribution is 0.137. The van der Waals surface area contributed by atoms with Gasteiger partial charge in [0.2, 0.25) is 0 Å². The number of nitrogens with zero attached hydrogens (tertiary/aromatic N) is 3. The third-order valence-electron chi connectivity index (χ3n) is 2.17. The van der Waals surface area contributed by atoms with Gasteiger partial charge in [0.15, 0.2) is 0 Å². The van der Waals surface area contributed by atoms with Crippen molar-refractivity contribution >= 4 is 6.21 Å². The molecule has 0 aromatic rings. The third kappa shape index (κ3) is 2.81. The summed E-state index contributed by atoms with van der Waals surface area (Å²) in [4.78, 5) is 2.50. The van der Waals surface area contributed by atoms with Crippen molar-refractivity contribution in [3.63, 3.8) is 0 Å². The predicted molar refractivity (Wildman–Crippen MR) is 52.5 cm³/mol. The zero-order valence-electron chi connectivity index (χ0n) is 8.16. The third-order valence-corrected chi connectivity index (χ3v) is 2.17. The summed E-state index contributed by atoms with van der Waals surface area (Å²) in [6.07, 6.45) is 3.13. The molecule has 0 N–H and O–H groups in total. The van der Waals surface area contributed by atoms with E-state index >= 15 is 0 Å². The van der Waals surface area contributed by atoms with Crippen LogP contribution in [0.15, 0.2) is 5.10 Å². The van der Waals surface area contributed by atoms with Crippen LogP contribution in [0.3, 0.4) is 0 Å². The molecule has 3 heteroatoms. The van der Waals surface area contributed by atoms with Crippen LogP contribution in [0.25, 0.3) is 0 Å². The smallest absolute Gasteiger partial charge is 0.0488 e. The molecule has 0 aliphatic carbocycles. The second-order valence-electron chi connectivity index (χ2n) is 3.17. The van der Waals surface area contributed by atoms with Gasteiger partial charge in [0.25, 0.3) is 0 Å². The SMILES string of the molecule is C/C=N\N1CCN(CCC)CC1. The molecule has 3 nitrogen and oxygen atoms in total. The molecular weight excluding hydrogens is 150 g/mol. The first-order valence-electron chi connectivity index (χ1n) is 4.82. The van der Waals surface area contributed by atoms with Crippen LogP contribution in [0.5, 0.6) is 0 Å². The molecule has 0 spiro atoms. The summed E-state index contributed by atoms with van der Waals surface area (Å²) < 4.78 is 0. The lowest BCUT2D eigenvalue weighted by atomic mass is 10.3. The average molecular weight is 169 g/mol. The van der Waals surface area contributed by atoms with Gasteiger partial charge >= 0.3 is 0 Å². The fourth-order valence-electron chi connectivity index (χ4n) is 1.56. The van der Waals surface area contributed by atoms with Crippen LogP contribution in [0, 0.1) is 0 Å². The van der Waals surface area contributed by atoms with Gasteiger partial charge in [-0.3, -0.25) is 9.91 Å². The van der Waals surface area contributed by atoms with Crippen molar-refractivity contribution in [1.82, 2.24) is 9.91 Å². The highest BCUT2D eigenvalue weighted by atomic mass is 15.5. The Balaban J connectivity index is 2.20. The second-order valence-corrected chi connectivity index (χ2v) is 3.17. The van der Waals surface area contributed by atoms with Gasteiger partial charge in [-0.1, -0.05) is 6.92 Å². The molecule has 0 aromatic heterocycles. The Hall–Kier alpha value is -0.570. The van der Waals surface area contributed by atoms with Gasteiger partial charge in [-0.15, -0.1) is 0 Å². The Kier molecular flexibility index (Phi) is 4.08. The van der Waals surface area contributed by atoms with Crippen LogP contribution in [-0.2, 0) is 0 Å². The van der Waals surface area contributed by atoms with Crippen LogP contribution in [-0.4, -0.2) is 48.8 Å². The molecule has 1 rings (SSSR count). The Labute approximate surface area is 75.0 Å². The van der Waals surface area contributed by atoms with Gasteiger partial charge in [0.05, 0.1) is 0 Å². The predicted octanol–water partition coefficient (Wildman–Crippen LogP) is 1.02. The summed E-state index contributed by atoms with van der Waals surface area (Å²) >= 11 is 0. The summed E-state index contributed by atoms with van der Waals surface area (Å²) in [6.45, 7) is 9.96. The fraction of sp³-hybridized carbons (Fsp3) is 0.889. The van der Waals surface area contributed by atoms with E-state index in [1.165, 1.54) is 26.1 Å². The number of piperazine rings is 1. The lowest BCUT2D eigenvalue weighted by Gasteiger charge is -2.32. The van der Waals surface area contributed by atoms with E-state index in [9.17, 15) is 0 Å². The zero-order valence-corrected chi connectivity index (χ0v) is 8.16. The van der Waals surface area contributed by atoms with E-state index in [1.807, 2.05) is 13.1 Å². The molecule has 1 fully saturated rings. The fourth-order valence-corrected chi connectivity index (χ4v) is 1.56. The van der Waals surface area contributed by atoms with E-state index in [0.29, 0.717) is 0 Å². The maximum atomic E-state index is 4.26. The first kappa shape index (κ1) is 9.52. The number of hydrogen-bond donors (Lipinski definition) is 0. The van der Waals surface area contributed by atoms with Gasteiger partial charge in [-0.25, -0.2) is 0 Å². The van der Waals surface area contributed by atoms with Crippen molar-refractivity contribution < 1.29 is 0 Å². The van der Waals surface area contributed by atoms with Gasteiger partial charge in [-0.05, 0) is 19.9 Å². The monoisotopic (exact) mass is 169 g/mol. The highest BCUT2D eigenvalue weighted by Crippen LogP contribution is 2.01. The lowest BCUT2D eigenvalue weighted by Crippen LogP contribution is -2.44. The number of rotatable bonds is 3. The van der Waals surface area contributed by atoms with Crippen LogP contribution >= 0.6 is 0 Å². The highest BCUT2D eigenvalue weighted by molar-refractivity contribution is 5.52. The van der Waals surface area contributed by atoms with Gasteiger partial charge in [0.1, 0.15) is 0 Å². The Morgan fingerprint density at radius 3 is 2.42 bits per heavy atom. The molecule has 0 atom stereocenters. The Morgan fingerprint density at radius 2 is 1.92 bits per heavy atom. The average Bonchev–Trinajstić information content (AvgIpc) is 2.09. The van der Waals surface area contributed by atoms with Crippen molar-refractivity contribution in [2.45, 2.75) is 20.3 Å². The minimum atomic E-state index is 1.09. The van der Waals surface area contributed by atoms with E-state index in [1.54, 1.807) is 0 Å². The molecule has 1 aliphatic heterocycles. The minimum absolute atomic E-state index is 1.09. The van der Waals surface area contributed by atoms with Gasteiger partial charge in [-0.2, -0.15) is 5.10 Å². The van der Waals surface area contributed by atoms with E-state index in [0.717, 1.165) is 13.1 Å². The van der Waals surface area contributed by atoms with Crippen LogP contribution in [0.4, 0.5) is 0 Å². The van der Waals surface area contributed by atoms with Crippen molar-refractivity contribution in [1.29, 1.82) is 0 Å². The van der Waals surface area contributed by atoms with E-state index in [4.69, 9.17) is 0 Å². The van der Waals surface area contributed by atoms with Gasteiger partial charge < -0.3 is 0 Å². The summed E-state index contributed by atoms with van der Waals surface area (Å²) in [5.41, 5.74) is 0. The number of hydrogen-bond acceptors (Lipinski definition) is 3. The van der Waals surface area contributed by atoms with Crippen molar-refractivity contribution in [2.75, 3.05) is 32.7 Å². The van der Waals surface area contributed by atoms with E-state index in [2.05, 4.69) is 21.9 Å². The molecule has 0 aromatic carbocycles. The normalized spacial score (nSPS) is 20.7.